The average Bonchev–Trinajstić information content (AvgIpc) is 3.08. The van der Waals surface area contributed by atoms with Crippen LogP contribution in [0.5, 0.6) is 0 Å². The number of nitrogens with one attached hydrogen (secondary N) is 1. The normalized spacial score (nSPS) is 15.7. The SMILES string of the molecule is CC(CC(C)(C)c1ccccc1)NC(=O)c1cccc(N2CCCC2=O)c1. The molecule has 1 saturated heterocycles. The number of rotatable bonds is 6. The molecule has 1 atom stereocenters. The highest BCUT2D eigenvalue weighted by molar-refractivity contribution is 5.99. The van der Waals surface area contributed by atoms with E-state index < -0.39 is 0 Å². The lowest BCUT2D eigenvalue weighted by Gasteiger charge is -2.29. The standard InChI is InChI=1S/C23H28N2O2/c1-17(16-23(2,3)19-10-5-4-6-11-19)24-22(27)18-9-7-12-20(15-18)25-14-8-13-21(25)26/h4-7,9-12,15,17H,8,13-14,16H2,1-3H3,(H,24,27). The molecule has 2 amide bonds. The van der Waals surface area contributed by atoms with Crippen molar-refractivity contribution in [3.05, 3.63) is 65.7 Å². The van der Waals surface area contributed by atoms with E-state index in [-0.39, 0.29) is 23.3 Å². The van der Waals surface area contributed by atoms with Crippen molar-refractivity contribution in [2.24, 2.45) is 0 Å². The van der Waals surface area contributed by atoms with E-state index in [9.17, 15) is 9.59 Å². The summed E-state index contributed by atoms with van der Waals surface area (Å²) in [6, 6.07) is 17.7. The van der Waals surface area contributed by atoms with Gasteiger partial charge in [0.1, 0.15) is 0 Å². The van der Waals surface area contributed by atoms with Crippen LogP contribution in [-0.2, 0) is 10.2 Å². The number of carbonyl (C=O) groups excluding carboxylic acids is 2. The molecule has 3 rings (SSSR count). The van der Waals surface area contributed by atoms with Gasteiger partial charge in [0.05, 0.1) is 0 Å². The molecule has 0 spiro atoms. The largest absolute Gasteiger partial charge is 0.350 e. The molecule has 1 N–H and O–H groups in total. The highest BCUT2D eigenvalue weighted by Gasteiger charge is 2.25. The Kier molecular flexibility index (Phi) is 5.64. The monoisotopic (exact) mass is 364 g/mol. The van der Waals surface area contributed by atoms with E-state index in [4.69, 9.17) is 0 Å². The van der Waals surface area contributed by atoms with Gasteiger partial charge in [-0.1, -0.05) is 50.2 Å². The zero-order valence-corrected chi connectivity index (χ0v) is 16.4. The Hall–Kier alpha value is -2.62. The summed E-state index contributed by atoms with van der Waals surface area (Å²) < 4.78 is 0. The van der Waals surface area contributed by atoms with Crippen molar-refractivity contribution >= 4 is 17.5 Å². The van der Waals surface area contributed by atoms with Gasteiger partial charge in [-0.15, -0.1) is 0 Å². The van der Waals surface area contributed by atoms with Crippen LogP contribution in [0.25, 0.3) is 0 Å². The first-order valence-electron chi connectivity index (χ1n) is 9.64. The second-order valence-corrected chi connectivity index (χ2v) is 8.03. The van der Waals surface area contributed by atoms with Crippen LogP contribution < -0.4 is 10.2 Å². The van der Waals surface area contributed by atoms with Crippen molar-refractivity contribution in [3.63, 3.8) is 0 Å². The third-order valence-corrected chi connectivity index (χ3v) is 5.24. The van der Waals surface area contributed by atoms with Gasteiger partial charge < -0.3 is 10.2 Å². The van der Waals surface area contributed by atoms with Crippen molar-refractivity contribution in [2.75, 3.05) is 11.4 Å². The summed E-state index contributed by atoms with van der Waals surface area (Å²) in [6.07, 6.45) is 2.30. The van der Waals surface area contributed by atoms with Crippen LogP contribution in [0.1, 0.15) is 56.0 Å². The molecule has 1 aliphatic heterocycles. The van der Waals surface area contributed by atoms with Crippen molar-refractivity contribution in [3.8, 4) is 0 Å². The minimum Gasteiger partial charge on any atom is -0.350 e. The van der Waals surface area contributed by atoms with Crippen LogP contribution in [0.3, 0.4) is 0 Å². The van der Waals surface area contributed by atoms with Gasteiger partial charge >= 0.3 is 0 Å². The van der Waals surface area contributed by atoms with Gasteiger partial charge in [0.2, 0.25) is 5.91 Å². The van der Waals surface area contributed by atoms with E-state index in [0.717, 1.165) is 25.1 Å². The molecule has 27 heavy (non-hydrogen) atoms. The number of nitrogens with zero attached hydrogens (tertiary/aromatic N) is 1. The smallest absolute Gasteiger partial charge is 0.251 e. The molecular formula is C23H28N2O2. The molecular weight excluding hydrogens is 336 g/mol. The number of benzene rings is 2. The zero-order chi connectivity index (χ0) is 19.4. The molecule has 142 valence electrons. The molecule has 1 aliphatic rings. The third-order valence-electron chi connectivity index (χ3n) is 5.24. The number of carbonyl (C=O) groups is 2. The Morgan fingerprint density at radius 1 is 1.15 bits per heavy atom. The molecule has 2 aromatic carbocycles. The summed E-state index contributed by atoms with van der Waals surface area (Å²) in [7, 11) is 0. The Morgan fingerprint density at radius 2 is 1.89 bits per heavy atom. The van der Waals surface area contributed by atoms with Crippen molar-refractivity contribution < 1.29 is 9.59 Å². The lowest BCUT2D eigenvalue weighted by Crippen LogP contribution is -2.37. The van der Waals surface area contributed by atoms with Crippen LogP contribution in [-0.4, -0.2) is 24.4 Å². The van der Waals surface area contributed by atoms with E-state index in [1.165, 1.54) is 5.56 Å². The maximum Gasteiger partial charge on any atom is 0.251 e. The molecule has 4 heteroatoms. The van der Waals surface area contributed by atoms with Gasteiger partial charge in [-0.05, 0) is 48.9 Å². The van der Waals surface area contributed by atoms with Gasteiger partial charge in [-0.3, -0.25) is 9.59 Å². The Morgan fingerprint density at radius 3 is 2.56 bits per heavy atom. The summed E-state index contributed by atoms with van der Waals surface area (Å²) >= 11 is 0. The highest BCUT2D eigenvalue weighted by atomic mass is 16.2. The molecule has 4 nitrogen and oxygen atoms in total. The Balaban J connectivity index is 1.65. The molecule has 1 unspecified atom stereocenters. The minimum atomic E-state index is -0.0974. The van der Waals surface area contributed by atoms with E-state index in [1.807, 2.05) is 43.3 Å². The summed E-state index contributed by atoms with van der Waals surface area (Å²) in [5.41, 5.74) is 2.64. The van der Waals surface area contributed by atoms with Crippen LogP contribution in [0, 0.1) is 0 Å². The van der Waals surface area contributed by atoms with Crippen LogP contribution in [0.2, 0.25) is 0 Å². The van der Waals surface area contributed by atoms with Gasteiger partial charge in [0.25, 0.3) is 5.91 Å². The minimum absolute atomic E-state index is 0.0300. The molecule has 1 heterocycles. The first kappa shape index (κ1) is 19.2. The quantitative estimate of drug-likeness (QED) is 0.831. The molecule has 0 bridgehead atoms. The summed E-state index contributed by atoms with van der Waals surface area (Å²) in [6.45, 7) is 7.16. The van der Waals surface area contributed by atoms with Gasteiger partial charge in [0, 0.05) is 30.3 Å². The van der Waals surface area contributed by atoms with Crippen molar-refractivity contribution in [2.45, 2.75) is 51.5 Å². The predicted molar refractivity (Wildman–Crippen MR) is 109 cm³/mol. The van der Waals surface area contributed by atoms with E-state index in [0.29, 0.717) is 12.0 Å². The second-order valence-electron chi connectivity index (χ2n) is 8.03. The van der Waals surface area contributed by atoms with E-state index in [1.54, 1.807) is 11.0 Å². The maximum atomic E-state index is 12.7. The topological polar surface area (TPSA) is 49.4 Å². The number of anilines is 1. The van der Waals surface area contributed by atoms with Crippen LogP contribution in [0.15, 0.2) is 54.6 Å². The fourth-order valence-electron chi connectivity index (χ4n) is 3.87. The summed E-state index contributed by atoms with van der Waals surface area (Å²) in [4.78, 5) is 26.4. The van der Waals surface area contributed by atoms with Gasteiger partial charge in [0.15, 0.2) is 0 Å². The highest BCUT2D eigenvalue weighted by Crippen LogP contribution is 2.28. The van der Waals surface area contributed by atoms with Crippen molar-refractivity contribution in [1.82, 2.24) is 5.32 Å². The molecule has 0 radical (unpaired) electrons. The fourth-order valence-corrected chi connectivity index (χ4v) is 3.87. The second kappa shape index (κ2) is 7.95. The maximum absolute atomic E-state index is 12.7. The zero-order valence-electron chi connectivity index (χ0n) is 16.4. The van der Waals surface area contributed by atoms with E-state index in [2.05, 4.69) is 31.3 Å². The molecule has 2 aromatic rings. The first-order chi connectivity index (χ1) is 12.9. The number of hydrogen-bond donors (Lipinski definition) is 1. The molecule has 0 saturated carbocycles. The lowest BCUT2D eigenvalue weighted by molar-refractivity contribution is -0.117. The first-order valence-corrected chi connectivity index (χ1v) is 9.64. The van der Waals surface area contributed by atoms with Crippen LogP contribution >= 0.6 is 0 Å². The van der Waals surface area contributed by atoms with Gasteiger partial charge in [-0.2, -0.15) is 0 Å². The fraction of sp³-hybridized carbons (Fsp3) is 0.391. The number of amides is 2. The number of hydrogen-bond acceptors (Lipinski definition) is 2. The molecule has 0 aliphatic carbocycles. The Labute approximate surface area is 161 Å². The van der Waals surface area contributed by atoms with Crippen LogP contribution in [0.4, 0.5) is 5.69 Å². The summed E-state index contributed by atoms with van der Waals surface area (Å²) in [5.74, 6) is 0.0328. The predicted octanol–water partition coefficient (Wildman–Crippen LogP) is 4.30. The van der Waals surface area contributed by atoms with Gasteiger partial charge in [-0.25, -0.2) is 0 Å². The lowest BCUT2D eigenvalue weighted by atomic mass is 9.79. The van der Waals surface area contributed by atoms with Crippen molar-refractivity contribution in [1.29, 1.82) is 0 Å². The molecule has 0 aromatic heterocycles. The van der Waals surface area contributed by atoms with E-state index >= 15 is 0 Å². The molecule has 1 fully saturated rings. The average molecular weight is 364 g/mol. The Bertz CT molecular complexity index is 814. The summed E-state index contributed by atoms with van der Waals surface area (Å²) in [5, 5.41) is 3.11. The third kappa shape index (κ3) is 4.57.